The van der Waals surface area contributed by atoms with E-state index in [0.717, 1.165) is 29.7 Å². The van der Waals surface area contributed by atoms with Crippen LogP contribution < -0.4 is 10.1 Å². The van der Waals surface area contributed by atoms with E-state index in [1.54, 1.807) is 0 Å². The Morgan fingerprint density at radius 1 is 1.30 bits per heavy atom. The highest BCUT2D eigenvalue weighted by Crippen LogP contribution is 2.35. The van der Waals surface area contributed by atoms with Gasteiger partial charge in [0.2, 0.25) is 0 Å². The number of fused-ring (bicyclic) bond motifs is 1. The number of halogens is 1. The number of ether oxygens (including phenoxy) is 1. The van der Waals surface area contributed by atoms with Gasteiger partial charge >= 0.3 is 0 Å². The molecule has 0 spiro atoms. The van der Waals surface area contributed by atoms with Crippen LogP contribution in [0.2, 0.25) is 0 Å². The van der Waals surface area contributed by atoms with Crippen LogP contribution in [0, 0.1) is 5.41 Å². The van der Waals surface area contributed by atoms with Gasteiger partial charge in [-0.1, -0.05) is 42.1 Å². The van der Waals surface area contributed by atoms with E-state index < -0.39 is 0 Å². The zero-order valence-corrected chi connectivity index (χ0v) is 13.8. The van der Waals surface area contributed by atoms with Crippen molar-refractivity contribution in [1.82, 2.24) is 5.32 Å². The topological polar surface area (TPSA) is 21.3 Å². The molecule has 1 fully saturated rings. The zero-order chi connectivity index (χ0) is 14.0. The molecular weight excluding hydrogens is 314 g/mol. The summed E-state index contributed by atoms with van der Waals surface area (Å²) in [5.41, 5.74) is 1.84. The van der Waals surface area contributed by atoms with Crippen LogP contribution in [0.1, 0.15) is 44.6 Å². The van der Waals surface area contributed by atoms with E-state index in [-0.39, 0.29) is 0 Å². The summed E-state index contributed by atoms with van der Waals surface area (Å²) in [4.78, 5) is 0. The van der Waals surface area contributed by atoms with Gasteiger partial charge in [0.05, 0.1) is 0 Å². The third-order valence-corrected chi connectivity index (χ3v) is 5.24. The number of rotatable bonds is 4. The zero-order valence-electron chi connectivity index (χ0n) is 12.3. The average molecular weight is 338 g/mol. The van der Waals surface area contributed by atoms with Crippen LogP contribution in [0.15, 0.2) is 22.7 Å². The highest BCUT2D eigenvalue weighted by atomic mass is 79.9. The molecule has 1 aromatic carbocycles. The van der Waals surface area contributed by atoms with Gasteiger partial charge in [-0.05, 0) is 42.0 Å². The van der Waals surface area contributed by atoms with Crippen molar-refractivity contribution >= 4 is 15.9 Å². The fraction of sp³-hybridized carbons (Fsp3) is 0.647. The molecule has 110 valence electrons. The molecule has 0 amide bonds. The predicted molar refractivity (Wildman–Crippen MR) is 86.3 cm³/mol. The second-order valence-corrected chi connectivity index (χ2v) is 7.61. The molecule has 3 rings (SSSR count). The molecule has 0 radical (unpaired) electrons. The second kappa shape index (κ2) is 6.07. The Morgan fingerprint density at radius 3 is 2.90 bits per heavy atom. The van der Waals surface area contributed by atoms with Gasteiger partial charge in [0.1, 0.15) is 11.9 Å². The molecule has 1 saturated carbocycles. The quantitative estimate of drug-likeness (QED) is 0.883. The maximum absolute atomic E-state index is 6.00. The van der Waals surface area contributed by atoms with Crippen molar-refractivity contribution in [1.29, 1.82) is 0 Å². The van der Waals surface area contributed by atoms with Gasteiger partial charge in [-0.2, -0.15) is 0 Å². The number of hydrogen-bond acceptors (Lipinski definition) is 2. The summed E-state index contributed by atoms with van der Waals surface area (Å²) in [7, 11) is 0. The molecule has 2 nitrogen and oxygen atoms in total. The van der Waals surface area contributed by atoms with E-state index in [1.807, 2.05) is 0 Å². The van der Waals surface area contributed by atoms with Crippen LogP contribution in [0.5, 0.6) is 5.75 Å². The normalized spacial score (nSPS) is 24.2. The van der Waals surface area contributed by atoms with E-state index in [4.69, 9.17) is 4.74 Å². The maximum atomic E-state index is 6.00. The van der Waals surface area contributed by atoms with Gasteiger partial charge in [-0.3, -0.25) is 0 Å². The Balaban J connectivity index is 1.46. The summed E-state index contributed by atoms with van der Waals surface area (Å²) >= 11 is 3.53. The molecule has 1 unspecified atom stereocenters. The molecule has 1 heterocycles. The van der Waals surface area contributed by atoms with Gasteiger partial charge < -0.3 is 10.1 Å². The van der Waals surface area contributed by atoms with Crippen molar-refractivity contribution in [2.45, 2.75) is 51.6 Å². The second-order valence-electron chi connectivity index (χ2n) is 6.70. The van der Waals surface area contributed by atoms with Crippen LogP contribution >= 0.6 is 15.9 Å². The van der Waals surface area contributed by atoms with Crippen LogP contribution in [-0.2, 0) is 6.42 Å². The van der Waals surface area contributed by atoms with Crippen LogP contribution in [0.25, 0.3) is 0 Å². The summed E-state index contributed by atoms with van der Waals surface area (Å²) in [6, 6.07) is 6.30. The molecule has 20 heavy (non-hydrogen) atoms. The van der Waals surface area contributed by atoms with Crippen LogP contribution in [0.4, 0.5) is 0 Å². The molecule has 1 aliphatic heterocycles. The lowest BCUT2D eigenvalue weighted by Gasteiger charge is -2.34. The Morgan fingerprint density at radius 2 is 2.10 bits per heavy atom. The van der Waals surface area contributed by atoms with Gasteiger partial charge in [-0.15, -0.1) is 0 Å². The van der Waals surface area contributed by atoms with Crippen molar-refractivity contribution in [3.63, 3.8) is 0 Å². The Bertz CT molecular complexity index is 468. The Hall–Kier alpha value is -0.540. The fourth-order valence-corrected chi connectivity index (χ4v) is 3.93. The minimum absolute atomic E-state index is 0.298. The first-order valence-corrected chi connectivity index (χ1v) is 8.60. The summed E-state index contributed by atoms with van der Waals surface area (Å²) in [5, 5.41) is 3.65. The standard InChI is InChI=1S/C17H24BrNO/c1-17(7-3-2-4-8-17)12-19-11-15-10-13-9-14(18)5-6-16(13)20-15/h5-6,9,15,19H,2-4,7-8,10-12H2,1H3. The third kappa shape index (κ3) is 3.37. The van der Waals surface area contributed by atoms with Gasteiger partial charge in [0.25, 0.3) is 0 Å². The summed E-state index contributed by atoms with van der Waals surface area (Å²) < 4.78 is 7.14. The highest BCUT2D eigenvalue weighted by Gasteiger charge is 2.28. The Labute approximate surface area is 130 Å². The van der Waals surface area contributed by atoms with Crippen LogP contribution in [0.3, 0.4) is 0 Å². The van der Waals surface area contributed by atoms with Gasteiger partial charge in [0.15, 0.2) is 0 Å². The smallest absolute Gasteiger partial charge is 0.123 e. The third-order valence-electron chi connectivity index (χ3n) is 4.75. The molecule has 0 aromatic heterocycles. The molecule has 0 bridgehead atoms. The van der Waals surface area contributed by atoms with E-state index in [1.165, 1.54) is 37.7 Å². The van der Waals surface area contributed by atoms with Gasteiger partial charge in [-0.25, -0.2) is 0 Å². The van der Waals surface area contributed by atoms with Crippen molar-refractivity contribution in [2.24, 2.45) is 5.41 Å². The molecule has 1 aromatic rings. The monoisotopic (exact) mass is 337 g/mol. The summed E-state index contributed by atoms with van der Waals surface area (Å²) in [6.07, 6.45) is 8.29. The van der Waals surface area contributed by atoms with Crippen molar-refractivity contribution in [3.05, 3.63) is 28.2 Å². The van der Waals surface area contributed by atoms with E-state index >= 15 is 0 Å². The molecule has 3 heteroatoms. The van der Waals surface area contributed by atoms with E-state index in [2.05, 4.69) is 46.4 Å². The number of benzene rings is 1. The maximum Gasteiger partial charge on any atom is 0.123 e. The SMILES string of the molecule is CC1(CNCC2Cc3cc(Br)ccc3O2)CCCCC1. The first-order chi connectivity index (χ1) is 9.65. The first-order valence-electron chi connectivity index (χ1n) is 7.80. The molecule has 0 saturated heterocycles. The molecule has 1 N–H and O–H groups in total. The summed E-state index contributed by atoms with van der Waals surface area (Å²) in [5.74, 6) is 1.06. The Kier molecular flexibility index (Phi) is 4.37. The molecular formula is C17H24BrNO. The van der Waals surface area contributed by atoms with Gasteiger partial charge in [0, 0.05) is 24.0 Å². The lowest BCUT2D eigenvalue weighted by Crippen LogP contribution is -2.38. The van der Waals surface area contributed by atoms with Crippen molar-refractivity contribution in [3.8, 4) is 5.75 Å². The largest absolute Gasteiger partial charge is 0.488 e. The summed E-state index contributed by atoms with van der Waals surface area (Å²) in [6.45, 7) is 4.52. The van der Waals surface area contributed by atoms with E-state index in [0.29, 0.717) is 11.5 Å². The molecule has 1 atom stereocenters. The predicted octanol–water partition coefficient (Wildman–Crippen LogP) is 4.31. The van der Waals surface area contributed by atoms with E-state index in [9.17, 15) is 0 Å². The van der Waals surface area contributed by atoms with Crippen molar-refractivity contribution in [2.75, 3.05) is 13.1 Å². The minimum Gasteiger partial charge on any atom is -0.488 e. The lowest BCUT2D eigenvalue weighted by molar-refractivity contribution is 0.184. The number of hydrogen-bond donors (Lipinski definition) is 1. The van der Waals surface area contributed by atoms with Crippen LogP contribution in [-0.4, -0.2) is 19.2 Å². The minimum atomic E-state index is 0.298. The molecule has 2 aliphatic rings. The lowest BCUT2D eigenvalue weighted by atomic mass is 9.76. The first kappa shape index (κ1) is 14.4. The average Bonchev–Trinajstić information content (AvgIpc) is 2.81. The number of nitrogens with one attached hydrogen (secondary N) is 1. The van der Waals surface area contributed by atoms with Crippen molar-refractivity contribution < 1.29 is 4.74 Å². The fourth-order valence-electron chi connectivity index (χ4n) is 3.52. The highest BCUT2D eigenvalue weighted by molar-refractivity contribution is 9.10. The molecule has 1 aliphatic carbocycles.